The maximum Gasteiger partial charge on any atom is 0.573 e. The number of hydrogen-bond acceptors (Lipinski definition) is 5. The SMILES string of the molecule is O=C(NC1CCN(Cc2ccccc2)CC1)c1ccc(OC2CCN(Cc3ccc(OC(F)(F)F)cc3)CC2)c(Cl)c1. The van der Waals surface area contributed by atoms with E-state index >= 15 is 0 Å². The van der Waals surface area contributed by atoms with Crippen LogP contribution in [0.2, 0.25) is 5.02 Å². The summed E-state index contributed by atoms with van der Waals surface area (Å²) < 4.78 is 47.2. The van der Waals surface area contributed by atoms with E-state index in [0.717, 1.165) is 64.0 Å². The van der Waals surface area contributed by atoms with Gasteiger partial charge < -0.3 is 14.8 Å². The minimum Gasteiger partial charge on any atom is -0.489 e. The third kappa shape index (κ3) is 8.86. The van der Waals surface area contributed by atoms with E-state index in [-0.39, 0.29) is 23.8 Å². The molecule has 42 heavy (non-hydrogen) atoms. The Kier molecular flexibility index (Phi) is 9.92. The van der Waals surface area contributed by atoms with Gasteiger partial charge >= 0.3 is 6.36 Å². The summed E-state index contributed by atoms with van der Waals surface area (Å²) in [6.07, 6.45) is -1.32. The number of rotatable bonds is 9. The average molecular weight is 602 g/mol. The summed E-state index contributed by atoms with van der Waals surface area (Å²) in [6, 6.07) is 21.7. The number of benzene rings is 3. The molecule has 5 rings (SSSR count). The molecule has 224 valence electrons. The molecule has 2 heterocycles. The van der Waals surface area contributed by atoms with E-state index in [4.69, 9.17) is 16.3 Å². The molecular formula is C32H35ClF3N3O3. The molecule has 0 aromatic heterocycles. The van der Waals surface area contributed by atoms with Crippen molar-refractivity contribution < 1.29 is 27.4 Å². The van der Waals surface area contributed by atoms with E-state index in [1.54, 1.807) is 30.3 Å². The van der Waals surface area contributed by atoms with Crippen LogP contribution in [0.15, 0.2) is 72.8 Å². The molecule has 0 saturated carbocycles. The van der Waals surface area contributed by atoms with E-state index in [2.05, 4.69) is 44.1 Å². The summed E-state index contributed by atoms with van der Waals surface area (Å²) in [7, 11) is 0. The van der Waals surface area contributed by atoms with Crippen molar-refractivity contribution in [2.75, 3.05) is 26.2 Å². The second-order valence-electron chi connectivity index (χ2n) is 10.9. The second-order valence-corrected chi connectivity index (χ2v) is 11.3. The maximum absolute atomic E-state index is 12.9. The monoisotopic (exact) mass is 601 g/mol. The summed E-state index contributed by atoms with van der Waals surface area (Å²) in [5.41, 5.74) is 2.73. The number of piperidine rings is 2. The molecule has 0 spiro atoms. The van der Waals surface area contributed by atoms with Crippen molar-refractivity contribution in [3.05, 3.63) is 94.5 Å². The lowest BCUT2D eigenvalue weighted by Gasteiger charge is -2.32. The van der Waals surface area contributed by atoms with Crippen LogP contribution < -0.4 is 14.8 Å². The normalized spacial score (nSPS) is 17.6. The van der Waals surface area contributed by atoms with Gasteiger partial charge in [0, 0.05) is 50.9 Å². The average Bonchev–Trinajstić information content (AvgIpc) is 2.97. The number of nitrogens with zero attached hydrogens (tertiary/aromatic N) is 2. The first-order chi connectivity index (χ1) is 20.2. The fraction of sp³-hybridized carbons (Fsp3) is 0.406. The van der Waals surface area contributed by atoms with Gasteiger partial charge in [-0.25, -0.2) is 0 Å². The number of halogens is 4. The molecule has 0 aliphatic carbocycles. The Morgan fingerprint density at radius 2 is 1.43 bits per heavy atom. The highest BCUT2D eigenvalue weighted by Gasteiger charge is 2.31. The molecule has 10 heteroatoms. The maximum atomic E-state index is 12.9. The van der Waals surface area contributed by atoms with Gasteiger partial charge in [0.25, 0.3) is 5.91 Å². The lowest BCUT2D eigenvalue weighted by molar-refractivity contribution is -0.274. The molecule has 3 aromatic rings. The number of ether oxygens (including phenoxy) is 2. The van der Waals surface area contributed by atoms with E-state index in [1.807, 2.05) is 6.07 Å². The van der Waals surface area contributed by atoms with Crippen LogP contribution in [0, 0.1) is 0 Å². The molecule has 0 bridgehead atoms. The Labute approximate surface area is 249 Å². The van der Waals surface area contributed by atoms with Crippen molar-refractivity contribution in [2.45, 2.75) is 57.3 Å². The quantitative estimate of drug-likeness (QED) is 0.297. The van der Waals surface area contributed by atoms with Crippen molar-refractivity contribution in [1.29, 1.82) is 0 Å². The van der Waals surface area contributed by atoms with Gasteiger partial charge in [-0.1, -0.05) is 54.1 Å². The van der Waals surface area contributed by atoms with Crippen molar-refractivity contribution in [3.63, 3.8) is 0 Å². The molecule has 2 fully saturated rings. The molecule has 0 atom stereocenters. The Hall–Kier alpha value is -3.27. The van der Waals surface area contributed by atoms with Crippen LogP contribution in [0.1, 0.15) is 47.2 Å². The zero-order chi connectivity index (χ0) is 29.5. The minimum absolute atomic E-state index is 0.0120. The fourth-order valence-corrected chi connectivity index (χ4v) is 5.73. The number of carbonyl (C=O) groups is 1. The van der Waals surface area contributed by atoms with E-state index in [9.17, 15) is 18.0 Å². The lowest BCUT2D eigenvalue weighted by Crippen LogP contribution is -2.44. The Balaban J connectivity index is 1.04. The number of hydrogen-bond donors (Lipinski definition) is 1. The summed E-state index contributed by atoms with van der Waals surface area (Å²) in [5.74, 6) is 0.205. The highest BCUT2D eigenvalue weighted by Crippen LogP contribution is 2.29. The van der Waals surface area contributed by atoms with Crippen molar-refractivity contribution in [2.24, 2.45) is 0 Å². The first-order valence-electron chi connectivity index (χ1n) is 14.3. The Morgan fingerprint density at radius 1 is 0.833 bits per heavy atom. The van der Waals surface area contributed by atoms with Crippen LogP contribution >= 0.6 is 11.6 Å². The van der Waals surface area contributed by atoms with Crippen LogP contribution in [0.5, 0.6) is 11.5 Å². The number of alkyl halides is 3. The van der Waals surface area contributed by atoms with Crippen LogP contribution in [-0.4, -0.2) is 60.4 Å². The minimum atomic E-state index is -4.69. The summed E-state index contributed by atoms with van der Waals surface area (Å²) in [4.78, 5) is 17.6. The molecule has 1 amide bonds. The van der Waals surface area contributed by atoms with Crippen LogP contribution in [-0.2, 0) is 13.1 Å². The number of carbonyl (C=O) groups excluding carboxylic acids is 1. The molecule has 2 aliphatic heterocycles. The summed E-state index contributed by atoms with van der Waals surface area (Å²) in [5, 5.41) is 3.56. The van der Waals surface area contributed by atoms with Gasteiger partial charge in [0.2, 0.25) is 0 Å². The molecule has 0 unspecified atom stereocenters. The first kappa shape index (κ1) is 30.2. The first-order valence-corrected chi connectivity index (χ1v) is 14.7. The molecule has 0 radical (unpaired) electrons. The van der Waals surface area contributed by atoms with Gasteiger partial charge in [-0.2, -0.15) is 0 Å². The zero-order valence-corrected chi connectivity index (χ0v) is 24.0. The largest absolute Gasteiger partial charge is 0.573 e. The van der Waals surface area contributed by atoms with Crippen LogP contribution in [0.4, 0.5) is 13.2 Å². The fourth-order valence-electron chi connectivity index (χ4n) is 5.50. The van der Waals surface area contributed by atoms with Crippen molar-refractivity contribution >= 4 is 17.5 Å². The highest BCUT2D eigenvalue weighted by atomic mass is 35.5. The molecular weight excluding hydrogens is 567 g/mol. The third-order valence-electron chi connectivity index (χ3n) is 7.76. The van der Waals surface area contributed by atoms with E-state index in [1.165, 1.54) is 17.7 Å². The standard InChI is InChI=1S/C32H35ClF3N3O3/c33-29-20-25(31(40)37-26-12-16-38(17-13-26)21-23-4-2-1-3-5-23)8-11-30(29)41-27-14-18-39(19-15-27)22-24-6-9-28(10-7-24)42-32(34,35)36/h1-11,20,26-27H,12-19,21-22H2,(H,37,40). The van der Waals surface area contributed by atoms with Gasteiger partial charge in [-0.05, 0) is 67.1 Å². The van der Waals surface area contributed by atoms with Gasteiger partial charge in [0.1, 0.15) is 17.6 Å². The summed E-state index contributed by atoms with van der Waals surface area (Å²) >= 11 is 6.52. The Morgan fingerprint density at radius 3 is 2.02 bits per heavy atom. The van der Waals surface area contributed by atoms with Crippen LogP contribution in [0.3, 0.4) is 0 Å². The van der Waals surface area contributed by atoms with Gasteiger partial charge in [0.15, 0.2) is 0 Å². The zero-order valence-electron chi connectivity index (χ0n) is 23.3. The molecule has 6 nitrogen and oxygen atoms in total. The van der Waals surface area contributed by atoms with E-state index < -0.39 is 6.36 Å². The number of amides is 1. The molecule has 2 saturated heterocycles. The van der Waals surface area contributed by atoms with Gasteiger partial charge in [-0.15, -0.1) is 13.2 Å². The molecule has 3 aromatic carbocycles. The molecule has 1 N–H and O–H groups in total. The predicted molar refractivity (Wildman–Crippen MR) is 156 cm³/mol. The highest BCUT2D eigenvalue weighted by molar-refractivity contribution is 6.32. The third-order valence-corrected chi connectivity index (χ3v) is 8.05. The number of nitrogens with one attached hydrogen (secondary N) is 1. The smallest absolute Gasteiger partial charge is 0.489 e. The van der Waals surface area contributed by atoms with Gasteiger partial charge in [0.05, 0.1) is 5.02 Å². The van der Waals surface area contributed by atoms with Gasteiger partial charge in [-0.3, -0.25) is 14.6 Å². The predicted octanol–water partition coefficient (Wildman–Crippen LogP) is 6.68. The summed E-state index contributed by atoms with van der Waals surface area (Å²) in [6.45, 7) is 5.01. The Bertz CT molecular complexity index is 1310. The lowest BCUT2D eigenvalue weighted by atomic mass is 10.0. The van der Waals surface area contributed by atoms with Crippen molar-refractivity contribution in [1.82, 2.24) is 15.1 Å². The molecule has 2 aliphatic rings. The topological polar surface area (TPSA) is 54.0 Å². The van der Waals surface area contributed by atoms with Crippen molar-refractivity contribution in [3.8, 4) is 11.5 Å². The van der Waals surface area contributed by atoms with Crippen LogP contribution in [0.25, 0.3) is 0 Å². The second kappa shape index (κ2) is 13.8. The van der Waals surface area contributed by atoms with E-state index in [0.29, 0.717) is 22.9 Å². The number of likely N-dealkylation sites (tertiary alicyclic amines) is 2.